The number of rotatable bonds is 6. The van der Waals surface area contributed by atoms with Crippen molar-refractivity contribution in [2.24, 2.45) is 0 Å². The Labute approximate surface area is 142 Å². The van der Waals surface area contributed by atoms with E-state index in [1.54, 1.807) is 31.2 Å². The largest absolute Gasteiger partial charge is 0.534 e. The second-order valence-corrected chi connectivity index (χ2v) is 6.57. The van der Waals surface area contributed by atoms with Crippen LogP contribution < -0.4 is 8.92 Å². The predicted molar refractivity (Wildman–Crippen MR) is 82.9 cm³/mol. The standard InChI is InChI=1S/C16H13F3O5S/c1-11-7-13(9-20)15(24-25(21,22)16(17,18)19)8-14(11)23-10-12-5-3-2-4-6-12/h2-9H,10H2,1H3. The van der Waals surface area contributed by atoms with Crippen LogP contribution in [0, 0.1) is 6.92 Å². The number of hydrogen-bond acceptors (Lipinski definition) is 5. The van der Waals surface area contributed by atoms with Crippen molar-refractivity contribution >= 4 is 16.4 Å². The van der Waals surface area contributed by atoms with E-state index in [0.29, 0.717) is 5.56 Å². The summed E-state index contributed by atoms with van der Waals surface area (Å²) in [5.41, 5.74) is -4.71. The average Bonchev–Trinajstić information content (AvgIpc) is 2.54. The highest BCUT2D eigenvalue weighted by Crippen LogP contribution is 2.33. The summed E-state index contributed by atoms with van der Waals surface area (Å²) in [5, 5.41) is 0. The molecule has 0 saturated heterocycles. The van der Waals surface area contributed by atoms with Gasteiger partial charge in [-0.05, 0) is 24.1 Å². The van der Waals surface area contributed by atoms with Crippen molar-refractivity contribution in [3.05, 3.63) is 59.2 Å². The molecule has 0 heterocycles. The van der Waals surface area contributed by atoms with Gasteiger partial charge in [0.1, 0.15) is 12.4 Å². The summed E-state index contributed by atoms with van der Waals surface area (Å²) in [7, 11) is -5.89. The molecule has 0 aliphatic rings. The molecule has 5 nitrogen and oxygen atoms in total. The summed E-state index contributed by atoms with van der Waals surface area (Å²) in [6, 6.07) is 11.1. The van der Waals surface area contributed by atoms with E-state index in [9.17, 15) is 26.4 Å². The van der Waals surface area contributed by atoms with Gasteiger partial charge in [-0.25, -0.2) is 0 Å². The van der Waals surface area contributed by atoms with E-state index in [4.69, 9.17) is 4.74 Å². The predicted octanol–water partition coefficient (Wildman–Crippen LogP) is 3.61. The normalized spacial score (nSPS) is 11.8. The molecule has 0 atom stereocenters. The van der Waals surface area contributed by atoms with E-state index in [1.165, 1.54) is 6.07 Å². The highest BCUT2D eigenvalue weighted by Gasteiger charge is 2.48. The molecule has 0 N–H and O–H groups in total. The van der Waals surface area contributed by atoms with Gasteiger partial charge >= 0.3 is 15.6 Å². The van der Waals surface area contributed by atoms with Crippen LogP contribution in [-0.4, -0.2) is 20.2 Å². The minimum Gasteiger partial charge on any atom is -0.488 e. The van der Waals surface area contributed by atoms with Gasteiger partial charge in [0.2, 0.25) is 0 Å². The highest BCUT2D eigenvalue weighted by atomic mass is 32.2. The van der Waals surface area contributed by atoms with E-state index in [1.807, 2.05) is 6.07 Å². The molecule has 0 unspecified atom stereocenters. The minimum atomic E-state index is -5.89. The molecule has 0 fully saturated rings. The van der Waals surface area contributed by atoms with E-state index in [-0.39, 0.29) is 24.2 Å². The van der Waals surface area contributed by atoms with Gasteiger partial charge in [-0.2, -0.15) is 21.6 Å². The summed E-state index contributed by atoms with van der Waals surface area (Å²) < 4.78 is 69.3. The van der Waals surface area contributed by atoms with Crippen molar-refractivity contribution in [3.63, 3.8) is 0 Å². The second-order valence-electron chi connectivity index (χ2n) is 5.03. The lowest BCUT2D eigenvalue weighted by Gasteiger charge is -2.14. The topological polar surface area (TPSA) is 69.7 Å². The zero-order chi connectivity index (χ0) is 18.7. The van der Waals surface area contributed by atoms with Gasteiger partial charge in [-0.15, -0.1) is 0 Å². The number of carbonyl (C=O) groups excluding carboxylic acids is 1. The molecule has 9 heteroatoms. The highest BCUT2D eigenvalue weighted by molar-refractivity contribution is 7.88. The maximum Gasteiger partial charge on any atom is 0.534 e. The minimum absolute atomic E-state index is 0.0989. The first-order valence-corrected chi connectivity index (χ1v) is 8.32. The Bertz CT molecular complexity index is 861. The SMILES string of the molecule is Cc1cc(C=O)c(OS(=O)(=O)C(F)(F)F)cc1OCc1ccccc1. The van der Waals surface area contributed by atoms with Crippen molar-refractivity contribution in [2.45, 2.75) is 19.0 Å². The number of ether oxygens (including phenoxy) is 1. The van der Waals surface area contributed by atoms with E-state index < -0.39 is 21.4 Å². The molecule has 0 saturated carbocycles. The van der Waals surface area contributed by atoms with E-state index >= 15 is 0 Å². The number of aryl methyl sites for hydroxylation is 1. The van der Waals surface area contributed by atoms with Crippen LogP contribution in [0.25, 0.3) is 0 Å². The summed E-state index contributed by atoms with van der Waals surface area (Å²) in [4.78, 5) is 11.0. The number of alkyl halides is 3. The Kier molecular flexibility index (Phi) is 5.36. The molecule has 25 heavy (non-hydrogen) atoms. The fourth-order valence-electron chi connectivity index (χ4n) is 1.91. The fraction of sp³-hybridized carbons (Fsp3) is 0.188. The number of halogens is 3. The molecule has 0 aliphatic carbocycles. The summed E-state index contributed by atoms with van der Waals surface area (Å²) in [6.07, 6.45) is 0.204. The summed E-state index contributed by atoms with van der Waals surface area (Å²) in [5.74, 6) is -0.650. The zero-order valence-corrected chi connectivity index (χ0v) is 13.7. The molecule has 134 valence electrons. The van der Waals surface area contributed by atoms with Crippen molar-refractivity contribution in [1.82, 2.24) is 0 Å². The Hall–Kier alpha value is -2.55. The van der Waals surface area contributed by atoms with Crippen molar-refractivity contribution < 1.29 is 35.3 Å². The summed E-state index contributed by atoms with van der Waals surface area (Å²) >= 11 is 0. The Morgan fingerprint density at radius 3 is 2.28 bits per heavy atom. The van der Waals surface area contributed by atoms with Gasteiger partial charge in [0.05, 0.1) is 5.56 Å². The van der Waals surface area contributed by atoms with Gasteiger partial charge in [-0.3, -0.25) is 4.79 Å². The number of aldehydes is 1. The number of carbonyl (C=O) groups is 1. The molecule has 2 aromatic carbocycles. The Balaban J connectivity index is 2.32. The lowest BCUT2D eigenvalue weighted by molar-refractivity contribution is -0.0500. The van der Waals surface area contributed by atoms with Crippen LogP contribution in [0.1, 0.15) is 21.5 Å². The average molecular weight is 374 g/mol. The van der Waals surface area contributed by atoms with Gasteiger partial charge < -0.3 is 8.92 Å². The van der Waals surface area contributed by atoms with Crippen LogP contribution >= 0.6 is 0 Å². The maximum atomic E-state index is 12.5. The first kappa shape index (κ1) is 18.8. The van der Waals surface area contributed by atoms with Crippen LogP contribution in [0.3, 0.4) is 0 Å². The molecule has 0 bridgehead atoms. The van der Waals surface area contributed by atoms with E-state index in [2.05, 4.69) is 4.18 Å². The van der Waals surface area contributed by atoms with Gasteiger partial charge in [0, 0.05) is 6.07 Å². The molecule has 2 aromatic rings. The molecule has 0 aliphatic heterocycles. The number of hydrogen-bond donors (Lipinski definition) is 0. The Morgan fingerprint density at radius 1 is 1.08 bits per heavy atom. The van der Waals surface area contributed by atoms with Crippen molar-refractivity contribution in [1.29, 1.82) is 0 Å². The lowest BCUT2D eigenvalue weighted by atomic mass is 10.1. The van der Waals surface area contributed by atoms with Gasteiger partial charge in [0.15, 0.2) is 12.0 Å². The fourth-order valence-corrected chi connectivity index (χ4v) is 2.39. The number of benzene rings is 2. The smallest absolute Gasteiger partial charge is 0.488 e. The quantitative estimate of drug-likeness (QED) is 0.439. The van der Waals surface area contributed by atoms with Crippen molar-refractivity contribution in [3.8, 4) is 11.5 Å². The maximum absolute atomic E-state index is 12.5. The van der Waals surface area contributed by atoms with Crippen LogP contribution in [0.4, 0.5) is 13.2 Å². The monoisotopic (exact) mass is 374 g/mol. The molecular formula is C16H13F3O5S. The lowest BCUT2D eigenvalue weighted by Crippen LogP contribution is -2.28. The second kappa shape index (κ2) is 7.14. The molecule has 2 rings (SSSR count). The third kappa shape index (κ3) is 4.50. The van der Waals surface area contributed by atoms with Crippen LogP contribution in [0.5, 0.6) is 11.5 Å². The third-order valence-electron chi connectivity index (χ3n) is 3.15. The van der Waals surface area contributed by atoms with Crippen molar-refractivity contribution in [2.75, 3.05) is 0 Å². The molecule has 0 aromatic heterocycles. The first-order valence-electron chi connectivity index (χ1n) is 6.91. The van der Waals surface area contributed by atoms with Gasteiger partial charge in [-0.1, -0.05) is 30.3 Å². The Morgan fingerprint density at radius 2 is 1.72 bits per heavy atom. The van der Waals surface area contributed by atoms with Crippen LogP contribution in [0.15, 0.2) is 42.5 Å². The summed E-state index contributed by atoms with van der Waals surface area (Å²) in [6.45, 7) is 1.67. The molecule has 0 spiro atoms. The third-order valence-corrected chi connectivity index (χ3v) is 4.12. The van der Waals surface area contributed by atoms with Crippen LogP contribution in [-0.2, 0) is 16.7 Å². The first-order chi connectivity index (χ1) is 11.6. The van der Waals surface area contributed by atoms with E-state index in [0.717, 1.165) is 11.6 Å². The molecule has 0 amide bonds. The van der Waals surface area contributed by atoms with Gasteiger partial charge in [0.25, 0.3) is 0 Å². The zero-order valence-electron chi connectivity index (χ0n) is 12.9. The molecule has 0 radical (unpaired) electrons. The van der Waals surface area contributed by atoms with Crippen LogP contribution in [0.2, 0.25) is 0 Å². The molecular weight excluding hydrogens is 361 g/mol.